The van der Waals surface area contributed by atoms with Crippen LogP contribution in [-0.2, 0) is 6.54 Å². The molecule has 0 aliphatic carbocycles. The molecule has 1 aliphatic rings. The zero-order valence-electron chi connectivity index (χ0n) is 14.6. The van der Waals surface area contributed by atoms with E-state index in [9.17, 15) is 0 Å². The molecule has 0 amide bonds. The highest BCUT2D eigenvalue weighted by Gasteiger charge is 2.25. The molecule has 1 fully saturated rings. The summed E-state index contributed by atoms with van der Waals surface area (Å²) in [6, 6.07) is 13.9. The minimum Gasteiger partial charge on any atom is -0.297 e. The molecule has 4 rings (SSSR count). The maximum absolute atomic E-state index is 6.18. The standard InChI is InChI=1S/C21H21ClN4/c22-18-7-3-5-16(13-18)20-21(25-11-10-24-20)17-6-4-12-26(14-17)15-19-8-1-2-9-23-19/h1-3,5,7-11,13,17H,4,6,12,14-15H2/t17-/m0/s1. The molecule has 26 heavy (non-hydrogen) atoms. The number of halogens is 1. The van der Waals surface area contributed by atoms with Gasteiger partial charge in [-0.05, 0) is 43.7 Å². The van der Waals surface area contributed by atoms with Crippen LogP contribution in [0.5, 0.6) is 0 Å². The molecule has 132 valence electrons. The molecule has 0 saturated carbocycles. The molecule has 3 heterocycles. The lowest BCUT2D eigenvalue weighted by atomic mass is 9.91. The van der Waals surface area contributed by atoms with Gasteiger partial charge in [-0.1, -0.05) is 29.8 Å². The monoisotopic (exact) mass is 364 g/mol. The Morgan fingerprint density at radius 3 is 2.77 bits per heavy atom. The number of likely N-dealkylation sites (tertiary alicyclic amines) is 1. The average molecular weight is 365 g/mol. The van der Waals surface area contributed by atoms with Gasteiger partial charge < -0.3 is 0 Å². The Morgan fingerprint density at radius 2 is 1.92 bits per heavy atom. The normalized spacial score (nSPS) is 18.0. The first-order valence-electron chi connectivity index (χ1n) is 8.99. The minimum atomic E-state index is 0.371. The maximum Gasteiger partial charge on any atom is 0.0921 e. The van der Waals surface area contributed by atoms with Crippen LogP contribution in [0.4, 0.5) is 0 Å². The summed E-state index contributed by atoms with van der Waals surface area (Å²) in [5.41, 5.74) is 4.16. The van der Waals surface area contributed by atoms with Crippen LogP contribution in [0.1, 0.15) is 30.1 Å². The summed E-state index contributed by atoms with van der Waals surface area (Å²) in [5.74, 6) is 0.371. The lowest BCUT2D eigenvalue weighted by molar-refractivity contribution is 0.196. The van der Waals surface area contributed by atoms with E-state index in [1.165, 1.54) is 0 Å². The number of benzene rings is 1. The van der Waals surface area contributed by atoms with Crippen molar-refractivity contribution in [2.75, 3.05) is 13.1 Å². The number of aromatic nitrogens is 3. The van der Waals surface area contributed by atoms with E-state index in [-0.39, 0.29) is 0 Å². The highest BCUT2D eigenvalue weighted by Crippen LogP contribution is 2.32. The van der Waals surface area contributed by atoms with Gasteiger partial charge in [0.15, 0.2) is 0 Å². The fourth-order valence-corrected chi connectivity index (χ4v) is 3.84. The van der Waals surface area contributed by atoms with E-state index in [1.54, 1.807) is 12.4 Å². The molecule has 0 bridgehead atoms. The third kappa shape index (κ3) is 3.92. The molecule has 0 radical (unpaired) electrons. The van der Waals surface area contributed by atoms with Crippen LogP contribution in [0.15, 0.2) is 61.1 Å². The third-order valence-electron chi connectivity index (χ3n) is 4.83. The first kappa shape index (κ1) is 17.1. The van der Waals surface area contributed by atoms with E-state index in [4.69, 9.17) is 16.6 Å². The summed E-state index contributed by atoms with van der Waals surface area (Å²) in [6.45, 7) is 2.95. The van der Waals surface area contributed by atoms with Gasteiger partial charge in [-0.3, -0.25) is 19.9 Å². The Hall–Kier alpha value is -2.30. The predicted octanol–water partition coefficient (Wildman–Crippen LogP) is 4.57. The molecular weight excluding hydrogens is 344 g/mol. The van der Waals surface area contributed by atoms with Gasteiger partial charge in [0.2, 0.25) is 0 Å². The predicted molar refractivity (Wildman–Crippen MR) is 104 cm³/mol. The van der Waals surface area contributed by atoms with Crippen molar-refractivity contribution in [1.82, 2.24) is 19.9 Å². The molecule has 1 aliphatic heterocycles. The number of hydrogen-bond acceptors (Lipinski definition) is 4. The fraction of sp³-hybridized carbons (Fsp3) is 0.286. The van der Waals surface area contributed by atoms with Crippen molar-refractivity contribution in [3.8, 4) is 11.3 Å². The van der Waals surface area contributed by atoms with Crippen molar-refractivity contribution >= 4 is 11.6 Å². The number of rotatable bonds is 4. The van der Waals surface area contributed by atoms with Crippen LogP contribution >= 0.6 is 11.6 Å². The van der Waals surface area contributed by atoms with E-state index in [2.05, 4.69) is 20.9 Å². The second-order valence-electron chi connectivity index (χ2n) is 6.70. The lowest BCUT2D eigenvalue weighted by Crippen LogP contribution is -2.34. The minimum absolute atomic E-state index is 0.371. The Morgan fingerprint density at radius 1 is 1.00 bits per heavy atom. The van der Waals surface area contributed by atoms with Gasteiger partial charge in [-0.15, -0.1) is 0 Å². The van der Waals surface area contributed by atoms with Crippen LogP contribution in [0.3, 0.4) is 0 Å². The van der Waals surface area contributed by atoms with E-state index in [0.717, 1.165) is 60.1 Å². The van der Waals surface area contributed by atoms with Crippen molar-refractivity contribution < 1.29 is 0 Å². The van der Waals surface area contributed by atoms with Gasteiger partial charge in [0.1, 0.15) is 0 Å². The highest BCUT2D eigenvalue weighted by molar-refractivity contribution is 6.30. The Labute approximate surface area is 158 Å². The third-order valence-corrected chi connectivity index (χ3v) is 5.06. The van der Waals surface area contributed by atoms with Crippen molar-refractivity contribution in [3.63, 3.8) is 0 Å². The number of piperidine rings is 1. The average Bonchev–Trinajstić information content (AvgIpc) is 2.69. The number of nitrogens with zero attached hydrogens (tertiary/aromatic N) is 4. The maximum atomic E-state index is 6.18. The second kappa shape index (κ2) is 7.94. The quantitative estimate of drug-likeness (QED) is 0.680. The molecule has 1 aromatic carbocycles. The first-order valence-corrected chi connectivity index (χ1v) is 9.36. The van der Waals surface area contributed by atoms with Crippen LogP contribution in [-0.4, -0.2) is 32.9 Å². The molecule has 0 spiro atoms. The van der Waals surface area contributed by atoms with Crippen molar-refractivity contribution in [2.45, 2.75) is 25.3 Å². The zero-order chi connectivity index (χ0) is 17.8. The summed E-state index contributed by atoms with van der Waals surface area (Å²) in [5, 5.41) is 0.722. The summed E-state index contributed by atoms with van der Waals surface area (Å²) < 4.78 is 0. The van der Waals surface area contributed by atoms with Crippen LogP contribution in [0.25, 0.3) is 11.3 Å². The molecular formula is C21H21ClN4. The van der Waals surface area contributed by atoms with Crippen LogP contribution < -0.4 is 0 Å². The fourth-order valence-electron chi connectivity index (χ4n) is 3.65. The molecule has 4 nitrogen and oxygen atoms in total. The van der Waals surface area contributed by atoms with Gasteiger partial charge in [-0.25, -0.2) is 0 Å². The smallest absolute Gasteiger partial charge is 0.0921 e. The van der Waals surface area contributed by atoms with Crippen molar-refractivity contribution in [3.05, 3.63) is 77.5 Å². The lowest BCUT2D eigenvalue weighted by Gasteiger charge is -2.32. The Balaban J connectivity index is 1.57. The summed E-state index contributed by atoms with van der Waals surface area (Å²) in [6.07, 6.45) is 7.69. The summed E-state index contributed by atoms with van der Waals surface area (Å²) in [7, 11) is 0. The molecule has 0 N–H and O–H groups in total. The van der Waals surface area contributed by atoms with Gasteiger partial charge in [0.05, 0.1) is 17.1 Å². The number of pyridine rings is 1. The van der Waals surface area contributed by atoms with E-state index >= 15 is 0 Å². The largest absolute Gasteiger partial charge is 0.297 e. The van der Waals surface area contributed by atoms with Gasteiger partial charge >= 0.3 is 0 Å². The van der Waals surface area contributed by atoms with Crippen LogP contribution in [0.2, 0.25) is 5.02 Å². The molecule has 5 heteroatoms. The van der Waals surface area contributed by atoms with E-state index in [1.807, 2.05) is 42.6 Å². The topological polar surface area (TPSA) is 41.9 Å². The van der Waals surface area contributed by atoms with Crippen LogP contribution in [0, 0.1) is 0 Å². The molecule has 2 aromatic heterocycles. The van der Waals surface area contributed by atoms with Gasteiger partial charge in [0.25, 0.3) is 0 Å². The summed E-state index contributed by atoms with van der Waals surface area (Å²) >= 11 is 6.18. The first-order chi connectivity index (χ1) is 12.8. The molecule has 1 saturated heterocycles. The second-order valence-corrected chi connectivity index (χ2v) is 7.13. The SMILES string of the molecule is Clc1cccc(-c2nccnc2[C@H]2CCCN(Cc3ccccn3)C2)c1. The highest BCUT2D eigenvalue weighted by atomic mass is 35.5. The van der Waals surface area contributed by atoms with E-state index < -0.39 is 0 Å². The van der Waals surface area contributed by atoms with Crippen molar-refractivity contribution in [2.24, 2.45) is 0 Å². The van der Waals surface area contributed by atoms with Crippen molar-refractivity contribution in [1.29, 1.82) is 0 Å². The Bertz CT molecular complexity index is 869. The zero-order valence-corrected chi connectivity index (χ0v) is 15.3. The molecule has 1 atom stereocenters. The number of hydrogen-bond donors (Lipinski definition) is 0. The van der Waals surface area contributed by atoms with E-state index in [0.29, 0.717) is 5.92 Å². The summed E-state index contributed by atoms with van der Waals surface area (Å²) in [4.78, 5) is 16.3. The van der Waals surface area contributed by atoms with Gasteiger partial charge in [0, 0.05) is 48.2 Å². The Kier molecular flexibility index (Phi) is 5.23. The molecule has 3 aromatic rings. The van der Waals surface area contributed by atoms with Gasteiger partial charge in [-0.2, -0.15) is 0 Å². The molecule has 0 unspecified atom stereocenters.